The Morgan fingerprint density at radius 3 is 2.40 bits per heavy atom. The number of carbonyl (C=O) groups excluding carboxylic acids is 1. The summed E-state index contributed by atoms with van der Waals surface area (Å²) in [6, 6.07) is 23.5. The van der Waals surface area contributed by atoms with Gasteiger partial charge in [0.05, 0.1) is 11.4 Å². The first-order valence-corrected chi connectivity index (χ1v) is 10.2. The third-order valence-corrected chi connectivity index (χ3v) is 5.04. The van der Waals surface area contributed by atoms with Gasteiger partial charge in [-0.1, -0.05) is 48.5 Å². The van der Waals surface area contributed by atoms with Gasteiger partial charge in [-0.3, -0.25) is 4.79 Å². The third kappa shape index (κ3) is 5.92. The van der Waals surface area contributed by atoms with E-state index in [1.165, 1.54) is 5.56 Å². The smallest absolute Gasteiger partial charge is 0.255 e. The number of hydrogen-bond acceptors (Lipinski definition) is 4. The molecule has 3 aromatic rings. The van der Waals surface area contributed by atoms with Gasteiger partial charge in [-0.25, -0.2) is 0 Å². The van der Waals surface area contributed by atoms with E-state index in [1.54, 1.807) is 0 Å². The SMILES string of the molecule is CNCCCN(C)Cc1ccc(C(=O)Nc2cc(-c3ccccc3)ccc2N)cc1. The summed E-state index contributed by atoms with van der Waals surface area (Å²) in [7, 11) is 4.08. The molecule has 1 amide bonds. The van der Waals surface area contributed by atoms with E-state index in [4.69, 9.17) is 5.73 Å². The van der Waals surface area contributed by atoms with Crippen molar-refractivity contribution in [1.82, 2.24) is 10.2 Å². The number of amides is 1. The highest BCUT2D eigenvalue weighted by Gasteiger charge is 2.10. The van der Waals surface area contributed by atoms with Crippen LogP contribution in [0.5, 0.6) is 0 Å². The van der Waals surface area contributed by atoms with Gasteiger partial charge in [-0.2, -0.15) is 0 Å². The number of carbonyl (C=O) groups is 1. The highest BCUT2D eigenvalue weighted by molar-refractivity contribution is 6.06. The molecule has 30 heavy (non-hydrogen) atoms. The molecule has 5 heteroatoms. The first kappa shape index (κ1) is 21.6. The Kier molecular flexibility index (Phi) is 7.60. The van der Waals surface area contributed by atoms with E-state index < -0.39 is 0 Å². The van der Waals surface area contributed by atoms with Crippen LogP contribution in [-0.4, -0.2) is 38.0 Å². The maximum atomic E-state index is 12.7. The summed E-state index contributed by atoms with van der Waals surface area (Å²) in [5.41, 5.74) is 11.1. The number of anilines is 2. The molecule has 3 rings (SSSR count). The molecule has 0 aliphatic carbocycles. The van der Waals surface area contributed by atoms with Gasteiger partial charge >= 0.3 is 0 Å². The zero-order valence-corrected chi connectivity index (χ0v) is 17.7. The van der Waals surface area contributed by atoms with Crippen molar-refractivity contribution < 1.29 is 4.79 Å². The molecule has 0 atom stereocenters. The van der Waals surface area contributed by atoms with Gasteiger partial charge in [-0.05, 0) is 74.6 Å². The van der Waals surface area contributed by atoms with Crippen LogP contribution in [0.4, 0.5) is 11.4 Å². The second-order valence-corrected chi connectivity index (χ2v) is 7.51. The Balaban J connectivity index is 1.65. The molecule has 0 aliphatic heterocycles. The van der Waals surface area contributed by atoms with E-state index in [9.17, 15) is 4.79 Å². The van der Waals surface area contributed by atoms with Crippen molar-refractivity contribution >= 4 is 17.3 Å². The molecule has 0 aliphatic rings. The first-order valence-electron chi connectivity index (χ1n) is 10.2. The molecular weight excluding hydrogens is 372 g/mol. The molecule has 0 saturated carbocycles. The lowest BCUT2D eigenvalue weighted by Crippen LogP contribution is -2.22. The average Bonchev–Trinajstić information content (AvgIpc) is 2.76. The quantitative estimate of drug-likeness (QED) is 0.370. The summed E-state index contributed by atoms with van der Waals surface area (Å²) in [5.74, 6) is -0.166. The lowest BCUT2D eigenvalue weighted by Gasteiger charge is -2.16. The molecule has 5 nitrogen and oxygen atoms in total. The lowest BCUT2D eigenvalue weighted by molar-refractivity contribution is 0.102. The molecule has 0 heterocycles. The van der Waals surface area contributed by atoms with Crippen LogP contribution in [0.2, 0.25) is 0 Å². The van der Waals surface area contributed by atoms with E-state index in [1.807, 2.05) is 79.8 Å². The molecule has 0 aromatic heterocycles. The van der Waals surface area contributed by atoms with E-state index in [-0.39, 0.29) is 5.91 Å². The van der Waals surface area contributed by atoms with Gasteiger partial charge in [-0.15, -0.1) is 0 Å². The summed E-state index contributed by atoms with van der Waals surface area (Å²) in [6.45, 7) is 2.90. The highest BCUT2D eigenvalue weighted by Crippen LogP contribution is 2.27. The van der Waals surface area contributed by atoms with Crippen LogP contribution >= 0.6 is 0 Å². The van der Waals surface area contributed by atoms with Gasteiger partial charge in [0.2, 0.25) is 0 Å². The minimum atomic E-state index is -0.166. The minimum absolute atomic E-state index is 0.166. The summed E-state index contributed by atoms with van der Waals surface area (Å²) >= 11 is 0. The second-order valence-electron chi connectivity index (χ2n) is 7.51. The van der Waals surface area contributed by atoms with Crippen molar-refractivity contribution in [2.75, 3.05) is 38.2 Å². The summed E-state index contributed by atoms with van der Waals surface area (Å²) < 4.78 is 0. The first-order chi connectivity index (χ1) is 14.6. The van der Waals surface area contributed by atoms with Crippen LogP contribution in [0.25, 0.3) is 11.1 Å². The minimum Gasteiger partial charge on any atom is -0.397 e. The monoisotopic (exact) mass is 402 g/mol. The molecule has 0 spiro atoms. The van der Waals surface area contributed by atoms with Crippen LogP contribution < -0.4 is 16.4 Å². The van der Waals surface area contributed by atoms with E-state index in [0.29, 0.717) is 16.9 Å². The van der Waals surface area contributed by atoms with Crippen molar-refractivity contribution in [3.8, 4) is 11.1 Å². The number of hydrogen-bond donors (Lipinski definition) is 3. The Hall–Kier alpha value is -3.15. The molecule has 3 aromatic carbocycles. The second kappa shape index (κ2) is 10.6. The standard InChI is InChI=1S/C25H30N4O/c1-27-15-6-16-29(2)18-19-9-11-21(12-10-19)25(30)28-24-17-22(13-14-23(24)26)20-7-4-3-5-8-20/h3-5,7-14,17,27H,6,15-16,18,26H2,1-2H3,(H,28,30). The summed E-state index contributed by atoms with van der Waals surface area (Å²) in [5, 5.41) is 6.11. The zero-order valence-electron chi connectivity index (χ0n) is 17.7. The van der Waals surface area contributed by atoms with Crippen LogP contribution in [0.1, 0.15) is 22.3 Å². The number of rotatable bonds is 9. The number of benzene rings is 3. The fourth-order valence-electron chi connectivity index (χ4n) is 3.35. The fraction of sp³-hybridized carbons (Fsp3) is 0.240. The number of nitrogens with one attached hydrogen (secondary N) is 2. The van der Waals surface area contributed by atoms with Gasteiger partial charge in [0.25, 0.3) is 5.91 Å². The lowest BCUT2D eigenvalue weighted by atomic mass is 10.0. The molecule has 0 bridgehead atoms. The van der Waals surface area contributed by atoms with E-state index >= 15 is 0 Å². The third-order valence-electron chi connectivity index (χ3n) is 5.04. The van der Waals surface area contributed by atoms with Gasteiger partial charge in [0.1, 0.15) is 0 Å². The normalized spacial score (nSPS) is 10.9. The van der Waals surface area contributed by atoms with Crippen LogP contribution in [0.3, 0.4) is 0 Å². The predicted molar refractivity (Wildman–Crippen MR) is 126 cm³/mol. The molecule has 0 unspecified atom stereocenters. The Morgan fingerprint density at radius 1 is 0.967 bits per heavy atom. The predicted octanol–water partition coefficient (Wildman–Crippen LogP) is 4.23. The Labute approximate surface area is 178 Å². The zero-order chi connectivity index (χ0) is 21.3. The van der Waals surface area contributed by atoms with Gasteiger partial charge in [0.15, 0.2) is 0 Å². The Morgan fingerprint density at radius 2 is 1.70 bits per heavy atom. The topological polar surface area (TPSA) is 70.4 Å². The highest BCUT2D eigenvalue weighted by atomic mass is 16.1. The van der Waals surface area contributed by atoms with E-state index in [2.05, 4.69) is 22.6 Å². The van der Waals surface area contributed by atoms with Crippen LogP contribution in [-0.2, 0) is 6.54 Å². The van der Waals surface area contributed by atoms with Crippen molar-refractivity contribution in [3.63, 3.8) is 0 Å². The molecule has 0 radical (unpaired) electrons. The van der Waals surface area contributed by atoms with Gasteiger partial charge < -0.3 is 21.3 Å². The van der Waals surface area contributed by atoms with Crippen LogP contribution in [0.15, 0.2) is 72.8 Å². The van der Waals surface area contributed by atoms with E-state index in [0.717, 1.165) is 37.2 Å². The Bertz CT molecular complexity index is 955. The van der Waals surface area contributed by atoms with Gasteiger partial charge in [0, 0.05) is 12.1 Å². The molecule has 0 saturated heterocycles. The van der Waals surface area contributed by atoms with Crippen LogP contribution in [0, 0.1) is 0 Å². The maximum absolute atomic E-state index is 12.7. The maximum Gasteiger partial charge on any atom is 0.255 e. The number of nitrogen functional groups attached to an aromatic ring is 1. The molecule has 4 N–H and O–H groups in total. The average molecular weight is 403 g/mol. The largest absolute Gasteiger partial charge is 0.397 e. The molecule has 156 valence electrons. The van der Waals surface area contributed by atoms with Crippen molar-refractivity contribution in [1.29, 1.82) is 0 Å². The summed E-state index contributed by atoms with van der Waals surface area (Å²) in [4.78, 5) is 15.0. The molecule has 0 fully saturated rings. The van der Waals surface area contributed by atoms with Crippen molar-refractivity contribution in [2.24, 2.45) is 0 Å². The summed E-state index contributed by atoms with van der Waals surface area (Å²) in [6.07, 6.45) is 1.11. The molecular formula is C25H30N4O. The number of nitrogens with two attached hydrogens (primary N) is 1. The number of nitrogens with zero attached hydrogens (tertiary/aromatic N) is 1. The fourth-order valence-corrected chi connectivity index (χ4v) is 3.35. The van der Waals surface area contributed by atoms with Crippen molar-refractivity contribution in [3.05, 3.63) is 83.9 Å². The van der Waals surface area contributed by atoms with Crippen molar-refractivity contribution in [2.45, 2.75) is 13.0 Å².